The van der Waals surface area contributed by atoms with Gasteiger partial charge in [-0.1, -0.05) is 188 Å². The molecular weight excluding hydrogens is 761 g/mol. The van der Waals surface area contributed by atoms with Crippen molar-refractivity contribution in [3.63, 3.8) is 0 Å². The molecule has 1 aliphatic rings. The van der Waals surface area contributed by atoms with Crippen molar-refractivity contribution in [3.8, 4) is 44.8 Å². The van der Waals surface area contributed by atoms with Gasteiger partial charge in [0.2, 0.25) is 0 Å². The SMILES string of the molecule is c1ccc(-c2ccccc2-c2ccc3c(c2)c2cc(C4(c5ccccc5)c5ccccc5-c5ccccc54)ccc2n3-c2cccc3c2c2ccccc2n3-c2ccccc2)cc1. The van der Waals surface area contributed by atoms with E-state index in [-0.39, 0.29) is 0 Å². The molecule has 2 aromatic heterocycles. The summed E-state index contributed by atoms with van der Waals surface area (Å²) in [5, 5.41) is 4.91. The minimum absolute atomic E-state index is 0.516. The number of fused-ring (bicyclic) bond motifs is 9. The van der Waals surface area contributed by atoms with Crippen LogP contribution in [0.3, 0.4) is 0 Å². The first-order valence-corrected chi connectivity index (χ1v) is 21.9. The molecule has 0 saturated heterocycles. The van der Waals surface area contributed by atoms with E-state index in [1.165, 1.54) is 99.2 Å². The van der Waals surface area contributed by atoms with Crippen LogP contribution in [0.4, 0.5) is 0 Å². The molecule has 12 aromatic rings. The predicted octanol–water partition coefficient (Wildman–Crippen LogP) is 15.6. The second-order valence-corrected chi connectivity index (χ2v) is 16.8. The highest BCUT2D eigenvalue weighted by atomic mass is 15.0. The summed E-state index contributed by atoms with van der Waals surface area (Å²) in [4.78, 5) is 0. The van der Waals surface area contributed by atoms with E-state index in [1.807, 2.05) is 0 Å². The third-order valence-electron chi connectivity index (χ3n) is 13.6. The van der Waals surface area contributed by atoms with Crippen LogP contribution in [0.25, 0.3) is 88.4 Å². The maximum Gasteiger partial charge on any atom is 0.0713 e. The van der Waals surface area contributed by atoms with Crippen molar-refractivity contribution in [3.05, 3.63) is 265 Å². The Bertz CT molecular complexity index is 3680. The van der Waals surface area contributed by atoms with Crippen LogP contribution in [0.1, 0.15) is 22.3 Å². The monoisotopic (exact) mass is 800 g/mol. The average Bonchev–Trinajstić information content (AvgIpc) is 3.99. The summed E-state index contributed by atoms with van der Waals surface area (Å²) < 4.78 is 4.94. The van der Waals surface area contributed by atoms with Gasteiger partial charge >= 0.3 is 0 Å². The Morgan fingerprint density at radius 3 is 1.52 bits per heavy atom. The van der Waals surface area contributed by atoms with E-state index < -0.39 is 5.41 Å². The third-order valence-corrected chi connectivity index (χ3v) is 13.6. The molecule has 2 heterocycles. The molecule has 63 heavy (non-hydrogen) atoms. The summed E-state index contributed by atoms with van der Waals surface area (Å²) in [5.74, 6) is 0. The first-order chi connectivity index (χ1) is 31.3. The summed E-state index contributed by atoms with van der Waals surface area (Å²) in [6.07, 6.45) is 0. The molecule has 0 atom stereocenters. The van der Waals surface area contributed by atoms with Gasteiger partial charge in [0.15, 0.2) is 0 Å². The molecule has 0 N–H and O–H groups in total. The van der Waals surface area contributed by atoms with Crippen molar-refractivity contribution in [2.45, 2.75) is 5.41 Å². The number of hydrogen-bond donors (Lipinski definition) is 0. The normalized spacial score (nSPS) is 12.9. The minimum atomic E-state index is -0.516. The van der Waals surface area contributed by atoms with Crippen LogP contribution in [0, 0.1) is 0 Å². The van der Waals surface area contributed by atoms with Gasteiger partial charge in [0.05, 0.1) is 33.2 Å². The standard InChI is InChI=1S/C61H40N2/c1-4-19-41(20-5-1)46-25-10-11-26-47(46)42-35-37-56-51(39-42)52-40-44(61(43-21-6-2-7-22-43)53-30-15-12-27-48(53)49-28-13-16-31-54(49)61)36-38-57(52)63(56)59-34-18-33-58-60(59)50-29-14-17-32-55(50)62(58)45-23-8-3-9-24-45/h1-40H. The van der Waals surface area contributed by atoms with Crippen LogP contribution in [-0.2, 0) is 5.41 Å². The van der Waals surface area contributed by atoms with Crippen LogP contribution < -0.4 is 0 Å². The molecule has 0 amide bonds. The molecule has 2 heteroatoms. The molecule has 0 fully saturated rings. The van der Waals surface area contributed by atoms with Gasteiger partial charge in [-0.25, -0.2) is 0 Å². The van der Waals surface area contributed by atoms with Crippen LogP contribution in [0.15, 0.2) is 243 Å². The Balaban J connectivity index is 1.15. The van der Waals surface area contributed by atoms with Crippen LogP contribution in [0.5, 0.6) is 0 Å². The number of hydrogen-bond acceptors (Lipinski definition) is 0. The first kappa shape index (κ1) is 35.5. The molecule has 0 aliphatic heterocycles. The predicted molar refractivity (Wildman–Crippen MR) is 263 cm³/mol. The first-order valence-electron chi connectivity index (χ1n) is 21.9. The lowest BCUT2D eigenvalue weighted by Crippen LogP contribution is -2.28. The van der Waals surface area contributed by atoms with Gasteiger partial charge in [0.25, 0.3) is 0 Å². The summed E-state index contributed by atoms with van der Waals surface area (Å²) in [7, 11) is 0. The van der Waals surface area contributed by atoms with E-state index in [9.17, 15) is 0 Å². The van der Waals surface area contributed by atoms with Crippen LogP contribution >= 0.6 is 0 Å². The maximum absolute atomic E-state index is 2.52. The molecule has 294 valence electrons. The summed E-state index contributed by atoms with van der Waals surface area (Å²) >= 11 is 0. The molecule has 10 aromatic carbocycles. The molecule has 0 saturated carbocycles. The van der Waals surface area contributed by atoms with Gasteiger partial charge in [-0.15, -0.1) is 0 Å². The minimum Gasteiger partial charge on any atom is -0.309 e. The lowest BCUT2D eigenvalue weighted by Gasteiger charge is -2.34. The summed E-state index contributed by atoms with van der Waals surface area (Å²) in [5.41, 5.74) is 19.1. The molecule has 0 unspecified atom stereocenters. The van der Waals surface area contributed by atoms with E-state index >= 15 is 0 Å². The smallest absolute Gasteiger partial charge is 0.0713 e. The topological polar surface area (TPSA) is 9.86 Å². The molecule has 0 bridgehead atoms. The van der Waals surface area contributed by atoms with Crippen molar-refractivity contribution in [1.82, 2.24) is 9.13 Å². The Kier molecular flexibility index (Phi) is 7.85. The number of para-hydroxylation sites is 2. The number of aromatic nitrogens is 2. The van der Waals surface area contributed by atoms with Gasteiger partial charge in [-0.2, -0.15) is 0 Å². The van der Waals surface area contributed by atoms with Crippen molar-refractivity contribution in [2.24, 2.45) is 0 Å². The number of benzene rings is 10. The Morgan fingerprint density at radius 2 is 0.810 bits per heavy atom. The fraction of sp³-hybridized carbons (Fsp3) is 0.0164. The van der Waals surface area contributed by atoms with Gasteiger partial charge in [-0.05, 0) is 110 Å². The van der Waals surface area contributed by atoms with Crippen molar-refractivity contribution >= 4 is 43.6 Å². The molecule has 2 nitrogen and oxygen atoms in total. The van der Waals surface area contributed by atoms with Crippen LogP contribution in [-0.4, -0.2) is 9.13 Å². The Labute approximate surface area is 366 Å². The fourth-order valence-corrected chi connectivity index (χ4v) is 11.0. The van der Waals surface area contributed by atoms with E-state index in [2.05, 4.69) is 252 Å². The van der Waals surface area contributed by atoms with E-state index in [4.69, 9.17) is 0 Å². The van der Waals surface area contributed by atoms with E-state index in [0.29, 0.717) is 0 Å². The number of nitrogens with zero attached hydrogens (tertiary/aromatic N) is 2. The molecule has 0 radical (unpaired) electrons. The van der Waals surface area contributed by atoms with Gasteiger partial charge in [0, 0.05) is 27.2 Å². The second-order valence-electron chi connectivity index (χ2n) is 16.8. The third kappa shape index (κ3) is 5.13. The second kappa shape index (κ2) is 13.9. The van der Waals surface area contributed by atoms with Crippen molar-refractivity contribution in [1.29, 1.82) is 0 Å². The van der Waals surface area contributed by atoms with Crippen molar-refractivity contribution in [2.75, 3.05) is 0 Å². The lowest BCUT2D eigenvalue weighted by atomic mass is 9.67. The quantitative estimate of drug-likeness (QED) is 0.159. The maximum atomic E-state index is 2.52. The summed E-state index contributed by atoms with van der Waals surface area (Å²) in [6.45, 7) is 0. The zero-order valence-electron chi connectivity index (χ0n) is 34.5. The van der Waals surface area contributed by atoms with Gasteiger partial charge < -0.3 is 9.13 Å². The molecule has 1 aliphatic carbocycles. The summed E-state index contributed by atoms with van der Waals surface area (Å²) in [6, 6.07) is 89.6. The lowest BCUT2D eigenvalue weighted by molar-refractivity contribution is 0.770. The highest BCUT2D eigenvalue weighted by molar-refractivity contribution is 6.17. The zero-order chi connectivity index (χ0) is 41.5. The zero-order valence-corrected chi connectivity index (χ0v) is 34.5. The Hall–Kier alpha value is -8.20. The molecule has 13 rings (SSSR count). The van der Waals surface area contributed by atoms with Gasteiger partial charge in [0.1, 0.15) is 0 Å². The van der Waals surface area contributed by atoms with Gasteiger partial charge in [-0.3, -0.25) is 0 Å². The van der Waals surface area contributed by atoms with Crippen molar-refractivity contribution < 1.29 is 0 Å². The highest BCUT2D eigenvalue weighted by Crippen LogP contribution is 2.56. The van der Waals surface area contributed by atoms with Crippen LogP contribution in [0.2, 0.25) is 0 Å². The fourth-order valence-electron chi connectivity index (χ4n) is 11.0. The van der Waals surface area contributed by atoms with E-state index in [0.717, 1.165) is 11.4 Å². The average molecular weight is 801 g/mol. The highest BCUT2D eigenvalue weighted by Gasteiger charge is 2.46. The largest absolute Gasteiger partial charge is 0.309 e. The molecular formula is C61H40N2. The molecule has 0 spiro atoms. The number of rotatable bonds is 6. The van der Waals surface area contributed by atoms with E-state index in [1.54, 1.807) is 0 Å². The Morgan fingerprint density at radius 1 is 0.286 bits per heavy atom.